The summed E-state index contributed by atoms with van der Waals surface area (Å²) in [6.45, 7) is 8.09. The summed E-state index contributed by atoms with van der Waals surface area (Å²) in [7, 11) is -0.415. The van der Waals surface area contributed by atoms with Crippen LogP contribution in [0.5, 0.6) is 0 Å². The summed E-state index contributed by atoms with van der Waals surface area (Å²) < 4.78 is 12.1. The van der Waals surface area contributed by atoms with Crippen LogP contribution in [-0.2, 0) is 9.31 Å². The fourth-order valence-corrected chi connectivity index (χ4v) is 3.26. The van der Waals surface area contributed by atoms with Crippen molar-refractivity contribution in [3.8, 4) is 0 Å². The predicted molar refractivity (Wildman–Crippen MR) is 97.9 cm³/mol. The molecule has 2 fully saturated rings. The zero-order valence-corrected chi connectivity index (χ0v) is 15.5. The smallest absolute Gasteiger partial charge is 0.399 e. The molecule has 1 aromatic carbocycles. The Morgan fingerprint density at radius 3 is 2.08 bits per heavy atom. The number of hydrogen-bond acceptors (Lipinski definition) is 4. The molecule has 0 spiro atoms. The van der Waals surface area contributed by atoms with Crippen molar-refractivity contribution >= 4 is 18.5 Å². The van der Waals surface area contributed by atoms with E-state index >= 15 is 0 Å². The van der Waals surface area contributed by atoms with Gasteiger partial charge in [0.2, 0.25) is 0 Å². The number of rotatable bonds is 3. The van der Waals surface area contributed by atoms with E-state index in [1.165, 1.54) is 0 Å². The molecule has 6 heteroatoms. The summed E-state index contributed by atoms with van der Waals surface area (Å²) in [6.07, 6.45) is 2.96. The fourth-order valence-electron chi connectivity index (χ4n) is 3.26. The van der Waals surface area contributed by atoms with E-state index in [2.05, 4.69) is 5.32 Å². The number of amides is 1. The number of aliphatic hydroxyl groups is 1. The first-order valence-electron chi connectivity index (χ1n) is 9.12. The van der Waals surface area contributed by atoms with Crippen molar-refractivity contribution in [1.82, 2.24) is 5.32 Å². The van der Waals surface area contributed by atoms with Crippen LogP contribution in [0.1, 0.15) is 63.7 Å². The molecule has 25 heavy (non-hydrogen) atoms. The maximum Gasteiger partial charge on any atom is 0.494 e. The molecule has 1 saturated carbocycles. The summed E-state index contributed by atoms with van der Waals surface area (Å²) in [5.74, 6) is -0.0677. The lowest BCUT2D eigenvalue weighted by atomic mass is 9.79. The van der Waals surface area contributed by atoms with Crippen LogP contribution in [0.25, 0.3) is 0 Å². The number of benzene rings is 1. The van der Waals surface area contributed by atoms with Gasteiger partial charge in [-0.1, -0.05) is 12.1 Å². The van der Waals surface area contributed by atoms with Gasteiger partial charge < -0.3 is 19.7 Å². The average molecular weight is 345 g/mol. The Labute approximate surface area is 150 Å². The van der Waals surface area contributed by atoms with Crippen molar-refractivity contribution in [3.05, 3.63) is 29.8 Å². The topological polar surface area (TPSA) is 67.8 Å². The molecule has 1 saturated heterocycles. The van der Waals surface area contributed by atoms with Crippen molar-refractivity contribution < 1.29 is 19.2 Å². The normalized spacial score (nSPS) is 28.0. The molecule has 0 atom stereocenters. The van der Waals surface area contributed by atoms with Crippen LogP contribution in [0.4, 0.5) is 0 Å². The molecule has 1 aromatic rings. The molecule has 1 aliphatic carbocycles. The monoisotopic (exact) mass is 345 g/mol. The van der Waals surface area contributed by atoms with Gasteiger partial charge in [-0.05, 0) is 71.0 Å². The van der Waals surface area contributed by atoms with Crippen LogP contribution in [-0.4, -0.2) is 41.5 Å². The lowest BCUT2D eigenvalue weighted by molar-refractivity contribution is 0.00578. The van der Waals surface area contributed by atoms with Crippen LogP contribution >= 0.6 is 0 Å². The Balaban J connectivity index is 1.62. The van der Waals surface area contributed by atoms with E-state index in [-0.39, 0.29) is 29.3 Å². The molecule has 1 aliphatic heterocycles. The van der Waals surface area contributed by atoms with Crippen molar-refractivity contribution in [2.24, 2.45) is 0 Å². The molecule has 136 valence electrons. The quantitative estimate of drug-likeness (QED) is 0.823. The zero-order chi connectivity index (χ0) is 18.2. The van der Waals surface area contributed by atoms with Gasteiger partial charge in [0.25, 0.3) is 5.91 Å². The number of hydrogen-bond donors (Lipinski definition) is 2. The summed E-state index contributed by atoms with van der Waals surface area (Å²) >= 11 is 0. The minimum Gasteiger partial charge on any atom is -0.399 e. The SMILES string of the molecule is CC1(C)OB(c2ccc(C(=O)N[C@H]3CC[C@H](O)CC3)cc2)OC1(C)C. The highest BCUT2D eigenvalue weighted by Crippen LogP contribution is 2.36. The summed E-state index contributed by atoms with van der Waals surface area (Å²) in [4.78, 5) is 12.4. The van der Waals surface area contributed by atoms with E-state index in [9.17, 15) is 9.90 Å². The standard InChI is InChI=1S/C19H28BNO4/c1-18(2)19(3,4)25-20(24-18)14-7-5-13(6-8-14)17(23)21-15-9-11-16(22)12-10-15/h5-8,15-16,22H,9-12H2,1-4H3,(H,21,23)/t15-,16-. The van der Waals surface area contributed by atoms with E-state index in [0.717, 1.165) is 31.1 Å². The lowest BCUT2D eigenvalue weighted by Gasteiger charge is -2.32. The molecular weight excluding hydrogens is 317 g/mol. The molecule has 0 unspecified atom stereocenters. The Kier molecular flexibility index (Phi) is 4.97. The van der Waals surface area contributed by atoms with Gasteiger partial charge in [0.1, 0.15) is 0 Å². The van der Waals surface area contributed by atoms with Crippen molar-refractivity contribution in [2.45, 2.75) is 76.7 Å². The van der Waals surface area contributed by atoms with Gasteiger partial charge in [-0.25, -0.2) is 0 Å². The largest absolute Gasteiger partial charge is 0.494 e. The molecule has 1 amide bonds. The Morgan fingerprint density at radius 1 is 1.04 bits per heavy atom. The highest BCUT2D eigenvalue weighted by molar-refractivity contribution is 6.62. The summed E-state index contributed by atoms with van der Waals surface area (Å²) in [6, 6.07) is 7.56. The Morgan fingerprint density at radius 2 is 1.56 bits per heavy atom. The van der Waals surface area contributed by atoms with Gasteiger partial charge in [-0.15, -0.1) is 0 Å². The third kappa shape index (κ3) is 3.91. The van der Waals surface area contributed by atoms with Gasteiger partial charge >= 0.3 is 7.12 Å². The fraction of sp³-hybridized carbons (Fsp3) is 0.632. The number of nitrogens with one attached hydrogen (secondary N) is 1. The minimum atomic E-state index is -0.415. The van der Waals surface area contributed by atoms with Gasteiger partial charge in [0.15, 0.2) is 0 Å². The van der Waals surface area contributed by atoms with Crippen LogP contribution in [0.2, 0.25) is 0 Å². The van der Waals surface area contributed by atoms with Gasteiger partial charge in [-0.3, -0.25) is 4.79 Å². The van der Waals surface area contributed by atoms with Crippen LogP contribution in [0.15, 0.2) is 24.3 Å². The van der Waals surface area contributed by atoms with E-state index in [1.807, 2.05) is 52.0 Å². The first-order chi connectivity index (χ1) is 11.7. The molecule has 2 aliphatic rings. The molecular formula is C19H28BNO4. The van der Waals surface area contributed by atoms with Crippen LogP contribution < -0.4 is 10.8 Å². The van der Waals surface area contributed by atoms with Crippen molar-refractivity contribution in [1.29, 1.82) is 0 Å². The number of aliphatic hydroxyl groups excluding tert-OH is 1. The molecule has 1 heterocycles. The summed E-state index contributed by atoms with van der Waals surface area (Å²) in [5.41, 5.74) is 0.792. The lowest BCUT2D eigenvalue weighted by Crippen LogP contribution is -2.41. The maximum absolute atomic E-state index is 12.4. The highest BCUT2D eigenvalue weighted by Gasteiger charge is 2.51. The first-order valence-corrected chi connectivity index (χ1v) is 9.12. The van der Waals surface area contributed by atoms with Gasteiger partial charge in [0.05, 0.1) is 17.3 Å². The molecule has 5 nitrogen and oxygen atoms in total. The second-order valence-corrected chi connectivity index (χ2v) is 8.19. The van der Waals surface area contributed by atoms with E-state index in [0.29, 0.717) is 5.56 Å². The van der Waals surface area contributed by atoms with Gasteiger partial charge in [0, 0.05) is 11.6 Å². The molecule has 0 aromatic heterocycles. The summed E-state index contributed by atoms with van der Waals surface area (Å²) in [5, 5.41) is 12.6. The first kappa shape index (κ1) is 18.4. The molecule has 0 bridgehead atoms. The second-order valence-electron chi connectivity index (χ2n) is 8.19. The van der Waals surface area contributed by atoms with E-state index in [1.54, 1.807) is 0 Å². The maximum atomic E-state index is 12.4. The minimum absolute atomic E-state index is 0.0677. The molecule has 0 radical (unpaired) electrons. The van der Waals surface area contributed by atoms with E-state index < -0.39 is 7.12 Å². The second kappa shape index (κ2) is 6.74. The third-order valence-electron chi connectivity index (χ3n) is 5.73. The van der Waals surface area contributed by atoms with Gasteiger partial charge in [-0.2, -0.15) is 0 Å². The predicted octanol–water partition coefficient (Wildman–Crippen LogP) is 2.02. The zero-order valence-electron chi connectivity index (χ0n) is 15.5. The highest BCUT2D eigenvalue weighted by atomic mass is 16.7. The van der Waals surface area contributed by atoms with E-state index in [4.69, 9.17) is 9.31 Å². The number of carbonyl (C=O) groups excluding carboxylic acids is 1. The van der Waals surface area contributed by atoms with Crippen LogP contribution in [0, 0.1) is 0 Å². The van der Waals surface area contributed by atoms with Crippen molar-refractivity contribution in [2.75, 3.05) is 0 Å². The number of carbonyl (C=O) groups is 1. The Bertz CT molecular complexity index is 605. The average Bonchev–Trinajstić information content (AvgIpc) is 2.78. The van der Waals surface area contributed by atoms with Crippen molar-refractivity contribution in [3.63, 3.8) is 0 Å². The molecule has 2 N–H and O–H groups in total. The Hall–Kier alpha value is -1.37. The third-order valence-corrected chi connectivity index (χ3v) is 5.73. The van der Waals surface area contributed by atoms with Crippen LogP contribution in [0.3, 0.4) is 0 Å². The molecule has 3 rings (SSSR count).